The van der Waals surface area contributed by atoms with Gasteiger partial charge in [0.2, 0.25) is 0 Å². The van der Waals surface area contributed by atoms with E-state index in [1.54, 1.807) is 16.8 Å². The largest absolute Gasteiger partial charge is 0.494 e. The van der Waals surface area contributed by atoms with Gasteiger partial charge in [-0.15, -0.1) is 0 Å². The maximum absolute atomic E-state index is 9.93. The van der Waals surface area contributed by atoms with Gasteiger partial charge in [-0.3, -0.25) is 9.98 Å². The number of hydrogen-bond donors (Lipinski definition) is 4. The van der Waals surface area contributed by atoms with Gasteiger partial charge in [0, 0.05) is 28.6 Å². The lowest BCUT2D eigenvalue weighted by Gasteiger charge is -2.07. The van der Waals surface area contributed by atoms with E-state index in [2.05, 4.69) is 15.4 Å². The zero-order valence-corrected chi connectivity index (χ0v) is 15.8. The number of anilines is 2. The zero-order chi connectivity index (χ0) is 20.0. The number of benzene rings is 1. The highest BCUT2D eigenvalue weighted by Gasteiger charge is 2.20. The van der Waals surface area contributed by atoms with Gasteiger partial charge in [0.15, 0.2) is 22.9 Å². The van der Waals surface area contributed by atoms with E-state index >= 15 is 0 Å². The molecule has 3 aromatic heterocycles. The van der Waals surface area contributed by atoms with Crippen molar-refractivity contribution >= 4 is 23.2 Å². The second kappa shape index (κ2) is 6.66. The standard InChI is InChI=1S/C21H20N6O2/c1-12-3-2-4-16(7-12)23-17-10-18(24-15-5-6-15)27-20(25-17)14(11-22-27)8-13-9-19(28)26-21(13)29/h2-4,7-11,15,23,26,28-29H,5-6H2,1H3. The fourth-order valence-electron chi connectivity index (χ4n) is 3.21. The second-order valence-corrected chi connectivity index (χ2v) is 7.29. The van der Waals surface area contributed by atoms with Gasteiger partial charge in [-0.2, -0.15) is 9.61 Å². The lowest BCUT2D eigenvalue weighted by Crippen LogP contribution is -2.19. The smallest absolute Gasteiger partial charge is 0.198 e. The van der Waals surface area contributed by atoms with Crippen molar-refractivity contribution in [2.24, 2.45) is 4.99 Å². The molecule has 1 fully saturated rings. The first-order chi connectivity index (χ1) is 14.0. The average Bonchev–Trinajstić information content (AvgIpc) is 3.31. The molecule has 0 spiro atoms. The monoisotopic (exact) mass is 388 g/mol. The minimum absolute atomic E-state index is 0.107. The average molecular weight is 388 g/mol. The highest BCUT2D eigenvalue weighted by molar-refractivity contribution is 5.63. The fourth-order valence-corrected chi connectivity index (χ4v) is 3.21. The molecule has 1 aromatic carbocycles. The van der Waals surface area contributed by atoms with E-state index in [4.69, 9.17) is 9.98 Å². The molecule has 0 bridgehead atoms. The summed E-state index contributed by atoms with van der Waals surface area (Å²) in [6, 6.07) is 11.7. The van der Waals surface area contributed by atoms with Crippen LogP contribution in [-0.4, -0.2) is 35.8 Å². The third kappa shape index (κ3) is 3.52. The predicted molar refractivity (Wildman–Crippen MR) is 109 cm³/mol. The van der Waals surface area contributed by atoms with Crippen LogP contribution in [0.1, 0.15) is 24.0 Å². The van der Waals surface area contributed by atoms with Gasteiger partial charge in [0.25, 0.3) is 0 Å². The summed E-state index contributed by atoms with van der Waals surface area (Å²) in [5.74, 6) is 0.446. The van der Waals surface area contributed by atoms with Gasteiger partial charge in [0.05, 0.1) is 12.2 Å². The van der Waals surface area contributed by atoms with Crippen LogP contribution in [-0.2, 0) is 0 Å². The topological polar surface area (TPSA) is 111 Å². The van der Waals surface area contributed by atoms with Crippen molar-refractivity contribution in [3.63, 3.8) is 0 Å². The van der Waals surface area contributed by atoms with Gasteiger partial charge in [-0.1, -0.05) is 12.1 Å². The van der Waals surface area contributed by atoms with Crippen LogP contribution in [0.4, 0.5) is 11.5 Å². The molecule has 8 nitrogen and oxygen atoms in total. The van der Waals surface area contributed by atoms with Crippen LogP contribution in [0.15, 0.2) is 47.6 Å². The van der Waals surface area contributed by atoms with E-state index in [0.29, 0.717) is 28.3 Å². The van der Waals surface area contributed by atoms with Crippen LogP contribution >= 0.6 is 0 Å². The molecule has 0 aliphatic heterocycles. The maximum Gasteiger partial charge on any atom is 0.198 e. The minimum atomic E-state index is -0.112. The molecule has 4 aromatic rings. The van der Waals surface area contributed by atoms with E-state index in [1.165, 1.54) is 6.07 Å². The van der Waals surface area contributed by atoms with Crippen molar-refractivity contribution in [2.75, 3.05) is 5.32 Å². The van der Waals surface area contributed by atoms with Crippen molar-refractivity contribution in [2.45, 2.75) is 25.8 Å². The number of aryl methyl sites for hydroxylation is 1. The molecule has 3 heterocycles. The molecule has 0 amide bonds. The van der Waals surface area contributed by atoms with Gasteiger partial charge in [-0.25, -0.2) is 4.98 Å². The summed E-state index contributed by atoms with van der Waals surface area (Å²) in [4.78, 5) is 12.0. The van der Waals surface area contributed by atoms with Crippen molar-refractivity contribution in [3.8, 4) is 11.8 Å². The number of H-pyrrole nitrogens is 1. The summed E-state index contributed by atoms with van der Waals surface area (Å²) >= 11 is 0. The normalized spacial score (nSPS) is 15.3. The van der Waals surface area contributed by atoms with E-state index in [1.807, 2.05) is 37.3 Å². The van der Waals surface area contributed by atoms with Crippen molar-refractivity contribution < 1.29 is 10.2 Å². The molecule has 0 saturated heterocycles. The Morgan fingerprint density at radius 3 is 2.83 bits per heavy atom. The second-order valence-electron chi connectivity index (χ2n) is 7.29. The molecule has 8 heteroatoms. The summed E-state index contributed by atoms with van der Waals surface area (Å²) < 4.78 is 1.70. The van der Waals surface area contributed by atoms with Crippen LogP contribution in [0, 0.1) is 6.92 Å². The molecule has 1 saturated carbocycles. The number of aromatic hydroxyl groups is 2. The lowest BCUT2D eigenvalue weighted by molar-refractivity contribution is 0.425. The first-order valence-electron chi connectivity index (χ1n) is 9.44. The van der Waals surface area contributed by atoms with E-state index in [9.17, 15) is 10.2 Å². The third-order valence-electron chi connectivity index (χ3n) is 4.76. The first-order valence-corrected chi connectivity index (χ1v) is 9.44. The van der Waals surface area contributed by atoms with Crippen LogP contribution in [0.2, 0.25) is 0 Å². The molecular formula is C21H20N6O2. The SMILES string of the molecule is Cc1cccc(Nc2cc(=NC3CC3)n3ncc(=Cc4cc(O)[nH]c4O)c3n2)c1. The first kappa shape index (κ1) is 17.3. The summed E-state index contributed by atoms with van der Waals surface area (Å²) in [6.07, 6.45) is 5.56. The van der Waals surface area contributed by atoms with E-state index in [-0.39, 0.29) is 11.8 Å². The van der Waals surface area contributed by atoms with Crippen molar-refractivity contribution in [3.05, 3.63) is 64.4 Å². The van der Waals surface area contributed by atoms with Gasteiger partial charge in [-0.05, 0) is 43.5 Å². The molecule has 0 atom stereocenters. The van der Waals surface area contributed by atoms with Gasteiger partial charge in [0.1, 0.15) is 5.82 Å². The molecule has 0 unspecified atom stereocenters. The molecule has 1 aliphatic carbocycles. The van der Waals surface area contributed by atoms with Crippen LogP contribution < -0.4 is 16.0 Å². The Bertz CT molecular complexity index is 1330. The third-order valence-corrected chi connectivity index (χ3v) is 4.76. The summed E-state index contributed by atoms with van der Waals surface area (Å²) in [6.45, 7) is 2.04. The molecule has 5 rings (SSSR count). The Morgan fingerprint density at radius 1 is 1.24 bits per heavy atom. The minimum Gasteiger partial charge on any atom is -0.494 e. The molecule has 29 heavy (non-hydrogen) atoms. The Morgan fingerprint density at radius 2 is 2.10 bits per heavy atom. The van der Waals surface area contributed by atoms with E-state index < -0.39 is 0 Å². The predicted octanol–water partition coefficient (Wildman–Crippen LogP) is 2.13. The number of aromatic nitrogens is 4. The quantitative estimate of drug-likeness (QED) is 0.428. The summed E-state index contributed by atoms with van der Waals surface area (Å²) in [7, 11) is 0. The Balaban J connectivity index is 1.67. The molecule has 146 valence electrons. The molecule has 0 radical (unpaired) electrons. The number of nitrogens with zero attached hydrogens (tertiary/aromatic N) is 4. The lowest BCUT2D eigenvalue weighted by atomic mass is 10.2. The number of hydrogen-bond acceptors (Lipinski definition) is 6. The van der Waals surface area contributed by atoms with Gasteiger partial charge >= 0.3 is 0 Å². The number of nitrogens with one attached hydrogen (secondary N) is 2. The highest BCUT2D eigenvalue weighted by atomic mass is 16.3. The maximum atomic E-state index is 9.93. The van der Waals surface area contributed by atoms with Gasteiger partial charge < -0.3 is 15.5 Å². The zero-order valence-electron chi connectivity index (χ0n) is 15.8. The van der Waals surface area contributed by atoms with Crippen LogP contribution in [0.25, 0.3) is 11.7 Å². The number of aromatic amines is 1. The van der Waals surface area contributed by atoms with Crippen LogP contribution in [0.5, 0.6) is 11.8 Å². The summed E-state index contributed by atoms with van der Waals surface area (Å²) in [5.41, 5.74) is 3.89. The number of rotatable bonds is 4. The Hall–Kier alpha value is -3.81. The highest BCUT2D eigenvalue weighted by Crippen LogP contribution is 2.23. The Labute approximate surface area is 165 Å². The summed E-state index contributed by atoms with van der Waals surface area (Å²) in [5, 5.41) is 28.0. The molecule has 4 N–H and O–H groups in total. The van der Waals surface area contributed by atoms with Crippen molar-refractivity contribution in [1.29, 1.82) is 0 Å². The van der Waals surface area contributed by atoms with Crippen molar-refractivity contribution in [1.82, 2.24) is 19.6 Å². The van der Waals surface area contributed by atoms with E-state index in [0.717, 1.165) is 29.6 Å². The van der Waals surface area contributed by atoms with Crippen LogP contribution in [0.3, 0.4) is 0 Å². The molecule has 1 aliphatic rings. The molecular weight excluding hydrogens is 368 g/mol. The number of fused-ring (bicyclic) bond motifs is 1. The Kier molecular flexibility index (Phi) is 3.97. The fraction of sp³-hybridized carbons (Fsp3) is 0.190.